The summed E-state index contributed by atoms with van der Waals surface area (Å²) in [6, 6.07) is 39.4. The van der Waals surface area contributed by atoms with Gasteiger partial charge in [0.05, 0.1) is 45.9 Å². The van der Waals surface area contributed by atoms with E-state index in [1.165, 1.54) is 0 Å². The van der Waals surface area contributed by atoms with Crippen LogP contribution in [0.4, 0.5) is 4.79 Å². The Morgan fingerprint density at radius 1 is 0.529 bits per heavy atom. The minimum atomic E-state index is -1.02. The highest BCUT2D eigenvalue weighted by Crippen LogP contribution is 2.36. The minimum absolute atomic E-state index is 0.122. The summed E-state index contributed by atoms with van der Waals surface area (Å²) in [5.41, 5.74) is 3.99. The molecule has 51 heavy (non-hydrogen) atoms. The lowest BCUT2D eigenvalue weighted by molar-refractivity contribution is -0.322. The van der Waals surface area contributed by atoms with Crippen LogP contribution in [0.15, 0.2) is 134 Å². The van der Waals surface area contributed by atoms with Gasteiger partial charge in [-0.3, -0.25) is 0 Å². The summed E-state index contributed by atoms with van der Waals surface area (Å²) >= 11 is 0. The number of carbonyl (C=O) groups is 1. The van der Waals surface area contributed by atoms with Gasteiger partial charge >= 0.3 is 6.16 Å². The summed E-state index contributed by atoms with van der Waals surface area (Å²) in [5, 5.41) is 0. The summed E-state index contributed by atoms with van der Waals surface area (Å²) in [5.74, 6) is 0. The van der Waals surface area contributed by atoms with Crippen molar-refractivity contribution in [1.82, 2.24) is 0 Å². The van der Waals surface area contributed by atoms with Crippen molar-refractivity contribution in [1.29, 1.82) is 0 Å². The lowest BCUT2D eigenvalue weighted by atomic mass is 9.98. The van der Waals surface area contributed by atoms with Crippen LogP contribution in [0.25, 0.3) is 0 Å². The average molecular weight is 695 g/mol. The van der Waals surface area contributed by atoms with E-state index in [2.05, 4.69) is 0 Å². The Morgan fingerprint density at radius 3 is 1.59 bits per heavy atom. The third kappa shape index (κ3) is 9.42. The second-order valence-electron chi connectivity index (χ2n) is 12.6. The molecule has 7 unspecified atom stereocenters. The molecule has 0 spiro atoms. The molecule has 0 N–H and O–H groups in total. The van der Waals surface area contributed by atoms with Crippen LogP contribution in [-0.4, -0.2) is 68.4 Å². The summed E-state index contributed by atoms with van der Waals surface area (Å²) in [6.07, 6.45) is -3.30. The molecule has 10 nitrogen and oxygen atoms in total. The number of hydrogen-bond acceptors (Lipinski definition) is 10. The van der Waals surface area contributed by atoms with Crippen molar-refractivity contribution in [3.8, 4) is 0 Å². The van der Waals surface area contributed by atoms with Crippen molar-refractivity contribution in [2.24, 2.45) is 0 Å². The smallest absolute Gasteiger partial charge is 0.493 e. The number of fused-ring (bicyclic) bond motifs is 1. The molecular weight excluding hydrogens is 652 g/mol. The number of carbonyl (C=O) groups excluding carboxylic acids is 1. The summed E-state index contributed by atoms with van der Waals surface area (Å²) in [4.78, 5) is 12.6. The molecule has 0 saturated carbocycles. The van der Waals surface area contributed by atoms with Crippen LogP contribution >= 0.6 is 0 Å². The molecule has 0 radical (unpaired) electrons. The van der Waals surface area contributed by atoms with Gasteiger partial charge in [0.25, 0.3) is 0 Å². The molecule has 266 valence electrons. The van der Waals surface area contributed by atoms with Crippen LogP contribution in [0.1, 0.15) is 22.3 Å². The molecule has 3 aliphatic heterocycles. The van der Waals surface area contributed by atoms with E-state index in [1.54, 1.807) is 6.26 Å². The van der Waals surface area contributed by atoms with Gasteiger partial charge in [-0.15, -0.1) is 0 Å². The van der Waals surface area contributed by atoms with Crippen molar-refractivity contribution in [2.45, 2.75) is 75.4 Å². The first kappa shape index (κ1) is 34.9. The van der Waals surface area contributed by atoms with Gasteiger partial charge in [-0.05, 0) is 28.3 Å². The SMILES string of the molecule is O=C1OC2C(COCc3ccccc3)OC(OC3C(COCc4ccccc4)OC=C[C@H]3OCc3ccccc3)C(OCc3ccccc3)C2O1. The Kier molecular flexibility index (Phi) is 12.0. The minimum Gasteiger partial charge on any atom is -0.493 e. The van der Waals surface area contributed by atoms with Gasteiger partial charge < -0.3 is 42.6 Å². The maximum atomic E-state index is 12.6. The fraction of sp³-hybridized carbons (Fsp3) is 0.341. The largest absolute Gasteiger partial charge is 0.509 e. The maximum Gasteiger partial charge on any atom is 0.509 e. The molecule has 2 saturated heterocycles. The van der Waals surface area contributed by atoms with Gasteiger partial charge in [-0.2, -0.15) is 0 Å². The Bertz CT molecular complexity index is 1660. The molecule has 2 fully saturated rings. The molecule has 7 rings (SSSR count). The highest BCUT2D eigenvalue weighted by atomic mass is 16.8. The first-order chi connectivity index (χ1) is 25.2. The number of ether oxygens (including phenoxy) is 9. The molecule has 0 bridgehead atoms. The molecule has 4 aromatic rings. The molecule has 3 aliphatic rings. The molecule has 4 aromatic carbocycles. The van der Waals surface area contributed by atoms with Gasteiger partial charge in [0, 0.05) is 0 Å². The topological polar surface area (TPSA) is 100 Å². The normalized spacial score (nSPS) is 26.9. The predicted octanol–water partition coefficient (Wildman–Crippen LogP) is 6.52. The van der Waals surface area contributed by atoms with Gasteiger partial charge in [0.1, 0.15) is 24.4 Å². The van der Waals surface area contributed by atoms with E-state index in [4.69, 9.17) is 42.6 Å². The van der Waals surface area contributed by atoms with Crippen LogP contribution in [-0.2, 0) is 69.1 Å². The quantitative estimate of drug-likeness (QED) is 0.121. The molecule has 10 heteroatoms. The van der Waals surface area contributed by atoms with Crippen LogP contribution in [0, 0.1) is 0 Å². The molecule has 8 atom stereocenters. The number of hydrogen-bond donors (Lipinski definition) is 0. The van der Waals surface area contributed by atoms with Crippen molar-refractivity contribution >= 4 is 6.16 Å². The fourth-order valence-corrected chi connectivity index (χ4v) is 6.32. The zero-order valence-electron chi connectivity index (χ0n) is 28.1. The molecule has 3 heterocycles. The second-order valence-corrected chi connectivity index (χ2v) is 12.6. The molecule has 0 aromatic heterocycles. The van der Waals surface area contributed by atoms with Crippen molar-refractivity contribution in [3.63, 3.8) is 0 Å². The highest BCUT2D eigenvalue weighted by molar-refractivity contribution is 5.63. The third-order valence-corrected chi connectivity index (χ3v) is 8.92. The van der Waals surface area contributed by atoms with E-state index in [-0.39, 0.29) is 19.8 Å². The van der Waals surface area contributed by atoms with Crippen LogP contribution < -0.4 is 0 Å². The summed E-state index contributed by atoms with van der Waals surface area (Å²) < 4.78 is 56.1. The van der Waals surface area contributed by atoms with E-state index in [9.17, 15) is 4.79 Å². The predicted molar refractivity (Wildman–Crippen MR) is 185 cm³/mol. The van der Waals surface area contributed by atoms with Crippen molar-refractivity contribution < 1.29 is 47.4 Å². The van der Waals surface area contributed by atoms with Crippen LogP contribution in [0.3, 0.4) is 0 Å². The zero-order chi connectivity index (χ0) is 34.7. The average Bonchev–Trinajstić information content (AvgIpc) is 3.57. The van der Waals surface area contributed by atoms with Gasteiger partial charge in [-0.1, -0.05) is 121 Å². The Hall–Kier alpha value is -4.55. The first-order valence-electron chi connectivity index (χ1n) is 17.2. The van der Waals surface area contributed by atoms with E-state index < -0.39 is 55.2 Å². The zero-order valence-corrected chi connectivity index (χ0v) is 28.1. The molecule has 0 amide bonds. The second kappa shape index (κ2) is 17.6. The monoisotopic (exact) mass is 694 g/mol. The summed E-state index contributed by atoms with van der Waals surface area (Å²) in [6.45, 7) is 1.65. The van der Waals surface area contributed by atoms with Gasteiger partial charge in [0.15, 0.2) is 24.6 Å². The van der Waals surface area contributed by atoms with E-state index in [1.807, 2.05) is 127 Å². The number of rotatable bonds is 16. The van der Waals surface area contributed by atoms with Crippen molar-refractivity contribution in [3.05, 3.63) is 156 Å². The van der Waals surface area contributed by atoms with Crippen LogP contribution in [0.5, 0.6) is 0 Å². The van der Waals surface area contributed by atoms with Crippen LogP contribution in [0.2, 0.25) is 0 Å². The lowest BCUT2D eigenvalue weighted by Crippen LogP contribution is -2.61. The maximum absolute atomic E-state index is 12.6. The Balaban J connectivity index is 1.13. The van der Waals surface area contributed by atoms with Gasteiger partial charge in [0.2, 0.25) is 0 Å². The Morgan fingerprint density at radius 2 is 1.02 bits per heavy atom. The van der Waals surface area contributed by atoms with E-state index in [0.717, 1.165) is 22.3 Å². The van der Waals surface area contributed by atoms with E-state index >= 15 is 0 Å². The standard InChI is InChI=1S/C41H42O10/c42-41-50-37-35(28-44-24-30-15-7-2-8-16-30)48-40(39(38(37)51-41)47-26-32-19-11-4-12-20-32)49-36-33(46-25-31-17-9-3-10-18-31)21-22-45-34(36)27-43-23-29-13-5-1-6-14-29/h1-22,33-40H,23-28H2/t33-,34?,35?,36?,37?,38?,39?,40?/m1/s1. The van der Waals surface area contributed by atoms with Gasteiger partial charge in [-0.25, -0.2) is 4.79 Å². The first-order valence-corrected chi connectivity index (χ1v) is 17.2. The summed E-state index contributed by atoms with van der Waals surface area (Å²) in [7, 11) is 0. The molecular formula is C41H42O10. The number of benzene rings is 4. The van der Waals surface area contributed by atoms with Crippen molar-refractivity contribution in [2.75, 3.05) is 13.2 Å². The third-order valence-electron chi connectivity index (χ3n) is 8.92. The van der Waals surface area contributed by atoms with E-state index in [0.29, 0.717) is 19.8 Å². The fourth-order valence-electron chi connectivity index (χ4n) is 6.32. The highest BCUT2D eigenvalue weighted by Gasteiger charge is 2.56. The Labute approximate surface area is 297 Å². The molecule has 0 aliphatic carbocycles. The lowest BCUT2D eigenvalue weighted by Gasteiger charge is -2.44.